The largest absolute Gasteiger partial charge is 0.426 e. The normalized spacial score (nSPS) is 15.3. The molecule has 1 aromatic rings. The molecule has 1 aromatic carbocycles. The molecule has 10 heteroatoms. The van der Waals surface area contributed by atoms with Crippen LogP contribution in [0.25, 0.3) is 0 Å². The number of alkyl halides is 6. The molecular formula is C9H5ClF6O2S. The molecule has 1 atom stereocenters. The third kappa shape index (κ3) is 2.97. The summed E-state index contributed by atoms with van der Waals surface area (Å²) in [5.74, 6) is 0. The van der Waals surface area contributed by atoms with Crippen LogP contribution < -0.4 is 0 Å². The van der Waals surface area contributed by atoms with Gasteiger partial charge in [0.05, 0.1) is 4.90 Å². The van der Waals surface area contributed by atoms with E-state index in [9.17, 15) is 34.8 Å². The Kier molecular flexibility index (Phi) is 4.12. The maximum Gasteiger partial charge on any atom is 0.426 e. The quantitative estimate of drug-likeness (QED) is 0.795. The zero-order valence-corrected chi connectivity index (χ0v) is 10.3. The van der Waals surface area contributed by atoms with Gasteiger partial charge in [0.15, 0.2) is 0 Å². The molecule has 1 rings (SSSR count). The Morgan fingerprint density at radius 2 is 1.42 bits per heavy atom. The van der Waals surface area contributed by atoms with Crippen molar-refractivity contribution in [3.63, 3.8) is 0 Å². The molecule has 0 unspecified atom stereocenters. The first-order valence-electron chi connectivity index (χ1n) is 4.49. The number of sulfone groups is 1. The van der Waals surface area contributed by atoms with Crippen molar-refractivity contribution >= 4 is 21.4 Å². The zero-order chi connectivity index (χ0) is 15.1. The predicted molar refractivity (Wildman–Crippen MR) is 54.5 cm³/mol. The van der Waals surface area contributed by atoms with Crippen molar-refractivity contribution in [1.82, 2.24) is 0 Å². The van der Waals surface area contributed by atoms with Crippen molar-refractivity contribution in [2.45, 2.75) is 22.5 Å². The first-order chi connectivity index (χ1) is 8.40. The van der Waals surface area contributed by atoms with Crippen LogP contribution in [0.4, 0.5) is 26.3 Å². The van der Waals surface area contributed by atoms with Crippen LogP contribution in [-0.2, 0) is 9.84 Å². The van der Waals surface area contributed by atoms with Crippen molar-refractivity contribution < 1.29 is 34.8 Å². The van der Waals surface area contributed by atoms with Gasteiger partial charge in [0.25, 0.3) is 6.17 Å². The smallest absolute Gasteiger partial charge is 0.229 e. The van der Waals surface area contributed by atoms with E-state index in [2.05, 4.69) is 0 Å². The van der Waals surface area contributed by atoms with Crippen molar-refractivity contribution in [2.75, 3.05) is 0 Å². The summed E-state index contributed by atoms with van der Waals surface area (Å²) in [6, 6.07) is 2.89. The monoisotopic (exact) mass is 326 g/mol. The highest BCUT2D eigenvalue weighted by Gasteiger charge is 2.64. The SMILES string of the molecule is O=S(=O)(c1ccc(Cl)cc1)C(F)(F)[C@H](F)C(F)(F)F. The average molecular weight is 327 g/mol. The number of benzene rings is 1. The van der Waals surface area contributed by atoms with E-state index < -0.39 is 32.3 Å². The van der Waals surface area contributed by atoms with Gasteiger partial charge in [-0.3, -0.25) is 0 Å². The summed E-state index contributed by atoms with van der Waals surface area (Å²) in [5.41, 5.74) is 0. The Balaban J connectivity index is 3.30. The van der Waals surface area contributed by atoms with E-state index in [0.717, 1.165) is 12.1 Å². The highest BCUT2D eigenvalue weighted by molar-refractivity contribution is 7.92. The Bertz CT molecular complexity index is 551. The number of rotatable bonds is 3. The Labute approximate surface area is 108 Å². The van der Waals surface area contributed by atoms with Crippen LogP contribution in [0.1, 0.15) is 0 Å². The highest BCUT2D eigenvalue weighted by atomic mass is 35.5. The van der Waals surface area contributed by atoms with Gasteiger partial charge in [-0.05, 0) is 24.3 Å². The van der Waals surface area contributed by atoms with Crippen molar-refractivity contribution in [1.29, 1.82) is 0 Å². The van der Waals surface area contributed by atoms with Gasteiger partial charge in [-0.15, -0.1) is 0 Å². The second kappa shape index (κ2) is 4.86. The fourth-order valence-electron chi connectivity index (χ4n) is 1.10. The summed E-state index contributed by atoms with van der Waals surface area (Å²) < 4.78 is 97.4. The summed E-state index contributed by atoms with van der Waals surface area (Å²) in [6.07, 6.45) is -10.8. The minimum Gasteiger partial charge on any atom is -0.229 e. The van der Waals surface area contributed by atoms with E-state index >= 15 is 0 Å². The molecule has 0 spiro atoms. The van der Waals surface area contributed by atoms with Crippen LogP contribution in [0, 0.1) is 0 Å². The molecule has 19 heavy (non-hydrogen) atoms. The second-order valence-electron chi connectivity index (χ2n) is 3.42. The number of hydrogen-bond acceptors (Lipinski definition) is 2. The van der Waals surface area contributed by atoms with E-state index in [4.69, 9.17) is 11.6 Å². The fraction of sp³-hybridized carbons (Fsp3) is 0.333. The molecule has 0 fully saturated rings. The zero-order valence-electron chi connectivity index (χ0n) is 8.76. The van der Waals surface area contributed by atoms with Crippen molar-refractivity contribution in [3.05, 3.63) is 29.3 Å². The average Bonchev–Trinajstić information content (AvgIpc) is 2.27. The van der Waals surface area contributed by atoms with Crippen molar-refractivity contribution in [3.8, 4) is 0 Å². The molecule has 0 N–H and O–H groups in total. The minimum atomic E-state index is -6.00. The molecule has 0 amide bonds. The molecule has 0 aliphatic carbocycles. The van der Waals surface area contributed by atoms with Crippen LogP contribution in [0.5, 0.6) is 0 Å². The lowest BCUT2D eigenvalue weighted by Gasteiger charge is -2.22. The van der Waals surface area contributed by atoms with Gasteiger partial charge in [-0.1, -0.05) is 11.6 Å². The van der Waals surface area contributed by atoms with E-state index in [1.807, 2.05) is 0 Å². The van der Waals surface area contributed by atoms with Gasteiger partial charge >= 0.3 is 11.4 Å². The summed E-state index contributed by atoms with van der Waals surface area (Å²) in [5, 5.41) is -5.64. The molecule has 0 saturated heterocycles. The molecule has 0 aliphatic heterocycles. The number of halogens is 7. The van der Waals surface area contributed by atoms with Crippen LogP contribution >= 0.6 is 11.6 Å². The van der Waals surface area contributed by atoms with Gasteiger partial charge in [-0.25, -0.2) is 12.8 Å². The van der Waals surface area contributed by atoms with E-state index in [-0.39, 0.29) is 5.02 Å². The van der Waals surface area contributed by atoms with Crippen LogP contribution in [-0.4, -0.2) is 26.0 Å². The lowest BCUT2D eigenvalue weighted by atomic mass is 10.4. The van der Waals surface area contributed by atoms with Crippen molar-refractivity contribution in [2.24, 2.45) is 0 Å². The Morgan fingerprint density at radius 1 is 1.00 bits per heavy atom. The number of hydrogen-bond donors (Lipinski definition) is 0. The van der Waals surface area contributed by atoms with E-state index in [1.54, 1.807) is 0 Å². The maximum absolute atomic E-state index is 13.2. The van der Waals surface area contributed by atoms with Gasteiger partial charge < -0.3 is 0 Å². The first kappa shape index (κ1) is 16.1. The van der Waals surface area contributed by atoms with E-state index in [0.29, 0.717) is 12.1 Å². The third-order valence-corrected chi connectivity index (χ3v) is 4.13. The van der Waals surface area contributed by atoms with Gasteiger partial charge in [0.1, 0.15) is 0 Å². The summed E-state index contributed by atoms with van der Waals surface area (Å²) >= 11 is 5.37. The molecule has 0 heterocycles. The lowest BCUT2D eigenvalue weighted by molar-refractivity contribution is -0.221. The summed E-state index contributed by atoms with van der Waals surface area (Å²) in [4.78, 5) is -1.16. The van der Waals surface area contributed by atoms with Crippen LogP contribution in [0.2, 0.25) is 5.02 Å². The predicted octanol–water partition coefficient (Wildman–Crippen LogP) is 3.61. The maximum atomic E-state index is 13.2. The first-order valence-corrected chi connectivity index (χ1v) is 6.35. The van der Waals surface area contributed by atoms with E-state index in [1.165, 1.54) is 0 Å². The van der Waals surface area contributed by atoms with Gasteiger partial charge in [0, 0.05) is 5.02 Å². The molecular weight excluding hydrogens is 322 g/mol. The van der Waals surface area contributed by atoms with Crippen LogP contribution in [0.3, 0.4) is 0 Å². The topological polar surface area (TPSA) is 34.1 Å². The Hall–Kier alpha value is -0.960. The summed E-state index contributed by atoms with van der Waals surface area (Å²) in [7, 11) is -5.82. The van der Waals surface area contributed by atoms with Gasteiger partial charge in [-0.2, -0.15) is 22.0 Å². The summed E-state index contributed by atoms with van der Waals surface area (Å²) in [6.45, 7) is 0. The molecule has 108 valence electrons. The molecule has 0 bridgehead atoms. The Morgan fingerprint density at radius 3 is 1.79 bits per heavy atom. The third-order valence-electron chi connectivity index (χ3n) is 2.06. The lowest BCUT2D eigenvalue weighted by Crippen LogP contribution is -2.47. The molecule has 0 aliphatic rings. The van der Waals surface area contributed by atoms with Crippen LogP contribution in [0.15, 0.2) is 29.2 Å². The standard InChI is InChI=1S/C9H5ClF6O2S/c10-5-1-3-6(4-2-5)19(17,18)9(15,16)7(11)8(12,13)14/h1-4,7H/t7-/m1/s1. The minimum absolute atomic E-state index is 0.0186. The molecule has 0 aromatic heterocycles. The highest BCUT2D eigenvalue weighted by Crippen LogP contribution is 2.41. The molecule has 0 radical (unpaired) electrons. The molecule has 0 saturated carbocycles. The van der Waals surface area contributed by atoms with Gasteiger partial charge in [0.2, 0.25) is 9.84 Å². The second-order valence-corrected chi connectivity index (χ2v) is 5.88. The molecule has 2 nitrogen and oxygen atoms in total. The fourth-order valence-corrected chi connectivity index (χ4v) is 2.44.